The third-order valence-corrected chi connectivity index (χ3v) is 4.79. The summed E-state index contributed by atoms with van der Waals surface area (Å²) in [6.07, 6.45) is 4.75. The van der Waals surface area contributed by atoms with Crippen LogP contribution >= 0.6 is 0 Å². The van der Waals surface area contributed by atoms with Crippen molar-refractivity contribution in [3.8, 4) is 0 Å². The Morgan fingerprint density at radius 3 is 2.74 bits per heavy atom. The van der Waals surface area contributed by atoms with Crippen LogP contribution in [0.2, 0.25) is 0 Å². The third-order valence-electron chi connectivity index (χ3n) is 3.00. The number of hydrogen-bond acceptors (Lipinski definition) is 5. The molecule has 0 aliphatic carbocycles. The van der Waals surface area contributed by atoms with Gasteiger partial charge in [0.25, 0.3) is 0 Å². The molecule has 1 rings (SSSR count). The van der Waals surface area contributed by atoms with E-state index in [0.29, 0.717) is 6.42 Å². The number of allylic oxidation sites excluding steroid dienone is 1. The topological polar surface area (TPSA) is 117 Å². The Bertz CT molecular complexity index is 660. The fourth-order valence-corrected chi connectivity index (χ4v) is 2.84. The van der Waals surface area contributed by atoms with E-state index in [1.165, 1.54) is 31.6 Å². The van der Waals surface area contributed by atoms with E-state index in [0.717, 1.165) is 4.31 Å². The lowest BCUT2D eigenvalue weighted by Gasteiger charge is -2.19. The number of amides is 1. The van der Waals surface area contributed by atoms with Gasteiger partial charge in [-0.25, -0.2) is 13.2 Å². The van der Waals surface area contributed by atoms with Gasteiger partial charge in [-0.3, -0.25) is 9.78 Å². The Morgan fingerprint density at radius 1 is 1.52 bits per heavy atom. The first-order valence-corrected chi connectivity index (χ1v) is 8.22. The van der Waals surface area contributed by atoms with Gasteiger partial charge in [-0.1, -0.05) is 6.08 Å². The number of likely N-dealkylation sites (N-methyl/N-ethyl adjacent to an activating group) is 1. The molecule has 1 unspecified atom stereocenters. The average molecular weight is 341 g/mol. The Kier molecular flexibility index (Phi) is 6.86. The number of nitrogens with zero attached hydrogens (tertiary/aromatic N) is 2. The minimum atomic E-state index is -3.86. The zero-order valence-electron chi connectivity index (χ0n) is 12.7. The highest BCUT2D eigenvalue weighted by Gasteiger charge is 2.25. The lowest BCUT2D eigenvalue weighted by molar-refractivity contribution is -0.142. The Morgan fingerprint density at radius 2 is 2.22 bits per heavy atom. The molecule has 0 bridgehead atoms. The second kappa shape index (κ2) is 8.39. The highest BCUT2D eigenvalue weighted by molar-refractivity contribution is 7.89. The number of hydrogen-bond donors (Lipinski definition) is 2. The first-order valence-electron chi connectivity index (χ1n) is 6.78. The van der Waals surface area contributed by atoms with Crippen molar-refractivity contribution in [1.29, 1.82) is 0 Å². The summed E-state index contributed by atoms with van der Waals surface area (Å²) in [7, 11) is -2.62. The molecule has 1 heterocycles. The Balaban J connectivity index is 2.72. The molecular formula is C14H19N3O5S. The molecule has 23 heavy (non-hydrogen) atoms. The van der Waals surface area contributed by atoms with Crippen molar-refractivity contribution in [2.45, 2.75) is 23.8 Å². The molecular weight excluding hydrogens is 322 g/mol. The predicted molar refractivity (Wildman–Crippen MR) is 83.1 cm³/mol. The summed E-state index contributed by atoms with van der Waals surface area (Å²) in [4.78, 5) is 26.6. The molecule has 9 heteroatoms. The first kappa shape index (κ1) is 18.8. The average Bonchev–Trinajstić information content (AvgIpc) is 2.51. The summed E-state index contributed by atoms with van der Waals surface area (Å²) in [6.45, 7) is 3.00. The quantitative estimate of drug-likeness (QED) is 0.621. The van der Waals surface area contributed by atoms with Gasteiger partial charge in [-0.05, 0) is 25.0 Å². The normalized spacial score (nSPS) is 12.6. The fraction of sp³-hybridized carbons (Fsp3) is 0.357. The van der Waals surface area contributed by atoms with Gasteiger partial charge in [-0.2, -0.15) is 4.31 Å². The molecule has 0 saturated heterocycles. The van der Waals surface area contributed by atoms with Crippen molar-refractivity contribution >= 4 is 21.9 Å². The zero-order chi connectivity index (χ0) is 17.5. The lowest BCUT2D eigenvalue weighted by Crippen LogP contribution is -2.45. The molecule has 0 aliphatic heterocycles. The van der Waals surface area contributed by atoms with E-state index in [-0.39, 0.29) is 11.3 Å². The molecule has 1 aromatic rings. The van der Waals surface area contributed by atoms with Gasteiger partial charge in [0, 0.05) is 19.4 Å². The van der Waals surface area contributed by atoms with Gasteiger partial charge >= 0.3 is 5.97 Å². The van der Waals surface area contributed by atoms with E-state index >= 15 is 0 Å². The summed E-state index contributed by atoms with van der Waals surface area (Å²) in [5.74, 6) is -1.88. The van der Waals surface area contributed by atoms with Crippen LogP contribution in [0.15, 0.2) is 42.1 Å². The highest BCUT2D eigenvalue weighted by Crippen LogP contribution is 2.11. The molecule has 0 saturated carbocycles. The molecule has 2 N–H and O–H groups in total. The molecule has 1 amide bonds. The van der Waals surface area contributed by atoms with Gasteiger partial charge < -0.3 is 10.4 Å². The summed E-state index contributed by atoms with van der Waals surface area (Å²) < 4.78 is 25.3. The third kappa shape index (κ3) is 5.46. The van der Waals surface area contributed by atoms with Crippen LogP contribution in [0.4, 0.5) is 0 Å². The summed E-state index contributed by atoms with van der Waals surface area (Å²) >= 11 is 0. The second-order valence-corrected chi connectivity index (χ2v) is 6.82. The van der Waals surface area contributed by atoms with Gasteiger partial charge in [0.1, 0.15) is 10.9 Å². The van der Waals surface area contributed by atoms with Crippen molar-refractivity contribution in [3.63, 3.8) is 0 Å². The van der Waals surface area contributed by atoms with Gasteiger partial charge in [0.15, 0.2) is 0 Å². The predicted octanol–water partition coefficient (Wildman–Crippen LogP) is 0.238. The van der Waals surface area contributed by atoms with E-state index in [4.69, 9.17) is 5.11 Å². The smallest absolute Gasteiger partial charge is 0.326 e. The highest BCUT2D eigenvalue weighted by atomic mass is 32.2. The number of carboxylic acid groups (broad SMARTS) is 1. The van der Waals surface area contributed by atoms with Crippen molar-refractivity contribution < 1.29 is 23.1 Å². The number of aliphatic carboxylic acids is 1. The van der Waals surface area contributed by atoms with E-state index in [2.05, 4.69) is 16.9 Å². The maximum atomic E-state index is 12.2. The fourth-order valence-electron chi connectivity index (χ4n) is 1.75. The van der Waals surface area contributed by atoms with Gasteiger partial charge in [0.05, 0.1) is 6.54 Å². The SMILES string of the molecule is C=CCCC(NC(=O)CN(C)S(=O)(=O)c1cccnc1)C(=O)O. The van der Waals surface area contributed by atoms with Crippen LogP contribution in [0.25, 0.3) is 0 Å². The number of sulfonamides is 1. The zero-order valence-corrected chi connectivity index (χ0v) is 13.5. The number of rotatable bonds is 9. The van der Waals surface area contributed by atoms with Crippen LogP contribution < -0.4 is 5.32 Å². The van der Waals surface area contributed by atoms with Gasteiger partial charge in [-0.15, -0.1) is 6.58 Å². The standard InChI is InChI=1S/C14H19N3O5S/c1-3-4-7-12(14(19)20)16-13(18)10-17(2)23(21,22)11-6-5-8-15-9-11/h3,5-6,8-9,12H,1,4,7,10H2,2H3,(H,16,18)(H,19,20). The molecule has 8 nitrogen and oxygen atoms in total. The van der Waals surface area contributed by atoms with E-state index in [1.807, 2.05) is 0 Å². The van der Waals surface area contributed by atoms with Crippen molar-refractivity contribution in [2.24, 2.45) is 0 Å². The summed E-state index contributed by atoms with van der Waals surface area (Å²) in [5.41, 5.74) is 0. The number of carbonyl (C=O) groups is 2. The maximum absolute atomic E-state index is 12.2. The largest absolute Gasteiger partial charge is 0.480 e. The van der Waals surface area contributed by atoms with E-state index < -0.39 is 34.5 Å². The van der Waals surface area contributed by atoms with Gasteiger partial charge in [0.2, 0.25) is 15.9 Å². The van der Waals surface area contributed by atoms with Crippen LogP contribution in [0, 0.1) is 0 Å². The summed E-state index contributed by atoms with van der Waals surface area (Å²) in [6, 6.07) is 1.74. The summed E-state index contributed by atoms with van der Waals surface area (Å²) in [5, 5.41) is 11.3. The number of carboxylic acids is 1. The number of nitrogens with one attached hydrogen (secondary N) is 1. The molecule has 0 spiro atoms. The molecule has 0 radical (unpaired) electrons. The minimum Gasteiger partial charge on any atom is -0.480 e. The number of aromatic nitrogens is 1. The molecule has 0 fully saturated rings. The van der Waals surface area contributed by atoms with Crippen molar-refractivity contribution in [1.82, 2.24) is 14.6 Å². The van der Waals surface area contributed by atoms with Crippen LogP contribution in [0.5, 0.6) is 0 Å². The molecule has 0 aliphatic rings. The van der Waals surface area contributed by atoms with E-state index in [1.54, 1.807) is 6.08 Å². The molecule has 1 atom stereocenters. The maximum Gasteiger partial charge on any atom is 0.326 e. The second-order valence-electron chi connectivity index (χ2n) is 4.77. The molecule has 126 valence electrons. The van der Waals surface area contributed by atoms with Crippen LogP contribution in [-0.2, 0) is 19.6 Å². The monoisotopic (exact) mass is 341 g/mol. The number of pyridine rings is 1. The Labute approximate surface area is 134 Å². The lowest BCUT2D eigenvalue weighted by atomic mass is 10.1. The number of carbonyl (C=O) groups excluding carboxylic acids is 1. The van der Waals surface area contributed by atoms with E-state index in [9.17, 15) is 18.0 Å². The van der Waals surface area contributed by atoms with Crippen molar-refractivity contribution in [2.75, 3.05) is 13.6 Å². The first-order chi connectivity index (χ1) is 10.8. The minimum absolute atomic E-state index is 0.0447. The molecule has 0 aromatic carbocycles. The van der Waals surface area contributed by atoms with Crippen molar-refractivity contribution in [3.05, 3.63) is 37.2 Å². The van der Waals surface area contributed by atoms with Crippen LogP contribution in [-0.4, -0.2) is 54.3 Å². The van der Waals surface area contributed by atoms with Crippen LogP contribution in [0.3, 0.4) is 0 Å². The Hall–Kier alpha value is -2.26. The molecule has 1 aromatic heterocycles. The van der Waals surface area contributed by atoms with Crippen LogP contribution in [0.1, 0.15) is 12.8 Å².